The van der Waals surface area contributed by atoms with Gasteiger partial charge in [0.05, 0.1) is 43.7 Å². The third-order valence-electron chi connectivity index (χ3n) is 9.30. The number of urea groups is 1. The van der Waals surface area contributed by atoms with E-state index >= 15 is 0 Å². The second kappa shape index (κ2) is 14.4. The lowest BCUT2D eigenvalue weighted by atomic mass is 9.85. The Labute approximate surface area is 281 Å². The van der Waals surface area contributed by atoms with Crippen LogP contribution in [-0.4, -0.2) is 74.1 Å². The van der Waals surface area contributed by atoms with Crippen molar-refractivity contribution in [1.29, 1.82) is 5.26 Å². The summed E-state index contributed by atoms with van der Waals surface area (Å²) in [7, 11) is 1.86. The number of amides is 2. The van der Waals surface area contributed by atoms with Crippen LogP contribution in [0.5, 0.6) is 0 Å². The summed E-state index contributed by atoms with van der Waals surface area (Å²) in [6, 6.07) is 11.9. The van der Waals surface area contributed by atoms with Crippen molar-refractivity contribution in [3.05, 3.63) is 72.4 Å². The van der Waals surface area contributed by atoms with Gasteiger partial charge in [-0.3, -0.25) is 14.6 Å². The Morgan fingerprint density at radius 1 is 1.12 bits per heavy atom. The Kier molecular flexibility index (Phi) is 9.82. The molecule has 1 aromatic carbocycles. The molecule has 48 heavy (non-hydrogen) atoms. The number of carbonyl (C=O) groups excluding carboxylic acids is 1. The summed E-state index contributed by atoms with van der Waals surface area (Å²) in [6.45, 7) is 8.43. The van der Waals surface area contributed by atoms with Crippen LogP contribution in [0.25, 0.3) is 11.3 Å². The Morgan fingerprint density at radius 3 is 2.60 bits per heavy atom. The molecule has 0 radical (unpaired) electrons. The van der Waals surface area contributed by atoms with Crippen molar-refractivity contribution in [2.45, 2.75) is 58.0 Å². The first-order valence-electron chi connectivity index (χ1n) is 16.6. The Balaban J connectivity index is 1.17. The number of anilines is 3. The van der Waals surface area contributed by atoms with E-state index in [9.17, 15) is 10.1 Å². The van der Waals surface area contributed by atoms with Crippen LogP contribution in [0.3, 0.4) is 0 Å². The highest BCUT2D eigenvalue weighted by molar-refractivity contribution is 5.92. The van der Waals surface area contributed by atoms with Crippen molar-refractivity contribution < 1.29 is 9.53 Å². The van der Waals surface area contributed by atoms with E-state index in [1.54, 1.807) is 34.4 Å². The molecule has 0 saturated carbocycles. The number of aromatic nitrogens is 6. The summed E-state index contributed by atoms with van der Waals surface area (Å²) in [5, 5.41) is 20.5. The first kappa shape index (κ1) is 32.8. The fourth-order valence-corrected chi connectivity index (χ4v) is 6.69. The third kappa shape index (κ3) is 7.23. The zero-order chi connectivity index (χ0) is 33.6. The zero-order valence-corrected chi connectivity index (χ0v) is 27.9. The molecule has 2 amide bonds. The van der Waals surface area contributed by atoms with Crippen LogP contribution in [0, 0.1) is 16.7 Å². The molecule has 2 saturated heterocycles. The van der Waals surface area contributed by atoms with Gasteiger partial charge in [-0.05, 0) is 38.2 Å². The van der Waals surface area contributed by atoms with E-state index in [0.29, 0.717) is 48.4 Å². The average Bonchev–Trinajstić information content (AvgIpc) is 3.74. The molecule has 6 rings (SSSR count). The van der Waals surface area contributed by atoms with Crippen molar-refractivity contribution in [2.24, 2.45) is 12.5 Å². The summed E-state index contributed by atoms with van der Waals surface area (Å²) in [4.78, 5) is 36.5. The van der Waals surface area contributed by atoms with Gasteiger partial charge in [-0.2, -0.15) is 15.3 Å². The van der Waals surface area contributed by atoms with Crippen LogP contribution >= 0.6 is 0 Å². The monoisotopic (exact) mass is 649 g/mol. The van der Waals surface area contributed by atoms with E-state index in [-0.39, 0.29) is 11.4 Å². The van der Waals surface area contributed by atoms with Gasteiger partial charge in [-0.1, -0.05) is 43.7 Å². The number of ether oxygens (including phenoxy) is 1. The highest BCUT2D eigenvalue weighted by atomic mass is 16.5. The van der Waals surface area contributed by atoms with E-state index in [4.69, 9.17) is 14.7 Å². The number of aryl methyl sites for hydroxylation is 1. The molecule has 13 heteroatoms. The number of carbonyl (C=O) groups is 1. The van der Waals surface area contributed by atoms with Crippen molar-refractivity contribution in [1.82, 2.24) is 35.0 Å². The van der Waals surface area contributed by atoms with E-state index in [1.807, 2.05) is 43.6 Å². The summed E-state index contributed by atoms with van der Waals surface area (Å²) in [6.07, 6.45) is 12.7. The Bertz CT molecular complexity index is 1730. The number of benzene rings is 1. The molecule has 4 aromatic rings. The van der Waals surface area contributed by atoms with Gasteiger partial charge in [0.15, 0.2) is 11.6 Å². The number of nitrogens with one attached hydrogen (secondary N) is 2. The third-order valence-corrected chi connectivity index (χ3v) is 9.30. The van der Waals surface area contributed by atoms with Crippen molar-refractivity contribution in [2.75, 3.05) is 48.0 Å². The van der Waals surface area contributed by atoms with Gasteiger partial charge in [-0.25, -0.2) is 14.8 Å². The molecule has 2 aliphatic rings. The SMILES string of the molecule is CCCC(C)(CCCNc1ncc(C#N)c(N2CCC3(COC3)C2)n1)N(C(=O)NCc1ccccc1)c1cnc(-c2cnn(C)c2)cn1. The number of hydrogen-bond acceptors (Lipinski definition) is 10. The quantitative estimate of drug-likeness (QED) is 0.191. The highest BCUT2D eigenvalue weighted by Crippen LogP contribution is 2.39. The van der Waals surface area contributed by atoms with Crippen LogP contribution in [0.4, 0.5) is 22.4 Å². The van der Waals surface area contributed by atoms with E-state index in [2.05, 4.69) is 50.5 Å². The molecule has 250 valence electrons. The first-order chi connectivity index (χ1) is 23.3. The molecular weight excluding hydrogens is 606 g/mol. The predicted octanol–water partition coefficient (Wildman–Crippen LogP) is 4.93. The second-order valence-corrected chi connectivity index (χ2v) is 13.1. The van der Waals surface area contributed by atoms with Crippen molar-refractivity contribution in [3.8, 4) is 17.3 Å². The smallest absolute Gasteiger partial charge is 0.323 e. The maximum Gasteiger partial charge on any atom is 0.323 e. The molecule has 5 heterocycles. The topological polar surface area (TPSA) is 150 Å². The molecule has 2 N–H and O–H groups in total. The minimum Gasteiger partial charge on any atom is -0.380 e. The largest absolute Gasteiger partial charge is 0.380 e. The van der Waals surface area contributed by atoms with E-state index in [1.165, 1.54) is 0 Å². The molecule has 2 fully saturated rings. The summed E-state index contributed by atoms with van der Waals surface area (Å²) < 4.78 is 7.20. The number of rotatable bonds is 13. The van der Waals surface area contributed by atoms with Gasteiger partial charge in [0.25, 0.3) is 0 Å². The fourth-order valence-electron chi connectivity index (χ4n) is 6.69. The molecule has 3 aromatic heterocycles. The van der Waals surface area contributed by atoms with E-state index in [0.717, 1.165) is 63.1 Å². The number of nitriles is 1. The van der Waals surface area contributed by atoms with Gasteiger partial charge in [0.1, 0.15) is 11.6 Å². The lowest BCUT2D eigenvalue weighted by molar-refractivity contribution is -0.0985. The number of nitrogens with zero attached hydrogens (tertiary/aromatic N) is 9. The van der Waals surface area contributed by atoms with Gasteiger partial charge < -0.3 is 20.3 Å². The van der Waals surface area contributed by atoms with Crippen LogP contribution in [0.15, 0.2) is 61.3 Å². The Morgan fingerprint density at radius 2 is 1.96 bits per heavy atom. The van der Waals surface area contributed by atoms with Gasteiger partial charge in [0, 0.05) is 55.9 Å². The normalized spacial score (nSPS) is 16.2. The Hall–Kier alpha value is -5.09. The standard InChI is InChI=1S/C35H43N11O2/c1-4-11-34(2,12-8-14-37-32-40-18-27(16-36)31(43-32)45-15-13-35(23-45)24-48-25-35)46(33(47)41-17-26-9-6-5-7-10-26)30-21-38-29(20-39-30)28-19-42-44(3)22-28/h5-7,9-10,18-22H,4,8,11-15,17,23-25H2,1-3H3,(H,41,47)(H,37,40,43). The average molecular weight is 650 g/mol. The van der Waals surface area contributed by atoms with Crippen LogP contribution in [0.2, 0.25) is 0 Å². The van der Waals surface area contributed by atoms with Gasteiger partial charge >= 0.3 is 6.03 Å². The molecule has 0 bridgehead atoms. The minimum atomic E-state index is -0.562. The van der Waals surface area contributed by atoms with Crippen LogP contribution < -0.4 is 20.4 Å². The minimum absolute atomic E-state index is 0.178. The van der Waals surface area contributed by atoms with Crippen molar-refractivity contribution >= 4 is 23.6 Å². The summed E-state index contributed by atoms with van der Waals surface area (Å²) in [5.41, 5.74) is 2.64. The predicted molar refractivity (Wildman–Crippen MR) is 183 cm³/mol. The molecular formula is C35H43N11O2. The highest BCUT2D eigenvalue weighted by Gasteiger charge is 2.45. The maximum atomic E-state index is 14.0. The molecule has 2 aliphatic heterocycles. The van der Waals surface area contributed by atoms with Crippen LogP contribution in [-0.2, 0) is 18.3 Å². The zero-order valence-electron chi connectivity index (χ0n) is 27.9. The van der Waals surface area contributed by atoms with Crippen molar-refractivity contribution in [3.63, 3.8) is 0 Å². The first-order valence-corrected chi connectivity index (χ1v) is 16.6. The van der Waals surface area contributed by atoms with E-state index < -0.39 is 5.54 Å². The number of hydrogen-bond donors (Lipinski definition) is 2. The lowest BCUT2D eigenvalue weighted by Gasteiger charge is -2.41. The molecule has 13 nitrogen and oxygen atoms in total. The maximum absolute atomic E-state index is 14.0. The fraction of sp³-hybridized carbons (Fsp3) is 0.457. The lowest BCUT2D eigenvalue weighted by Crippen LogP contribution is -2.54. The molecule has 0 aliphatic carbocycles. The second-order valence-electron chi connectivity index (χ2n) is 13.1. The summed E-state index contributed by atoms with van der Waals surface area (Å²) in [5.74, 6) is 1.64. The summed E-state index contributed by atoms with van der Waals surface area (Å²) >= 11 is 0. The molecule has 1 atom stereocenters. The van der Waals surface area contributed by atoms with Gasteiger partial charge in [-0.15, -0.1) is 0 Å². The van der Waals surface area contributed by atoms with Gasteiger partial charge in [0.2, 0.25) is 5.95 Å². The molecule has 1 unspecified atom stereocenters. The molecule has 1 spiro atoms. The van der Waals surface area contributed by atoms with Crippen LogP contribution in [0.1, 0.15) is 57.1 Å².